The van der Waals surface area contributed by atoms with Gasteiger partial charge in [0.1, 0.15) is 12.9 Å². The van der Waals surface area contributed by atoms with Crippen LogP contribution >= 0.6 is 0 Å². The number of hydrogen-bond acceptors (Lipinski definition) is 4. The molecule has 0 atom stereocenters. The Balaban J connectivity index is 2.04. The minimum absolute atomic E-state index is 0.0945. The van der Waals surface area contributed by atoms with Crippen LogP contribution in [-0.2, 0) is 18.7 Å². The molecule has 2 aromatic heterocycles. The van der Waals surface area contributed by atoms with Gasteiger partial charge in [-0.2, -0.15) is 10.2 Å². The van der Waals surface area contributed by atoms with Crippen molar-refractivity contribution in [3.8, 4) is 5.75 Å². The SMILES string of the molecule is CCn1cc(OCc2ncnn2C(C)(C)C)cn1. The van der Waals surface area contributed by atoms with Crippen molar-refractivity contribution in [2.45, 2.75) is 46.4 Å². The number of rotatable bonds is 4. The molecule has 98 valence electrons. The van der Waals surface area contributed by atoms with Gasteiger partial charge in [0.2, 0.25) is 0 Å². The lowest BCUT2D eigenvalue weighted by molar-refractivity contribution is 0.259. The van der Waals surface area contributed by atoms with Crippen molar-refractivity contribution < 1.29 is 4.74 Å². The molecule has 0 radical (unpaired) electrons. The fraction of sp³-hybridized carbons (Fsp3) is 0.583. The summed E-state index contributed by atoms with van der Waals surface area (Å²) in [4.78, 5) is 4.22. The van der Waals surface area contributed by atoms with Crippen molar-refractivity contribution in [1.29, 1.82) is 0 Å². The molecule has 0 aliphatic carbocycles. The van der Waals surface area contributed by atoms with Gasteiger partial charge in [-0.1, -0.05) is 0 Å². The Bertz CT molecular complexity index is 509. The smallest absolute Gasteiger partial charge is 0.165 e. The maximum absolute atomic E-state index is 5.66. The topological polar surface area (TPSA) is 57.8 Å². The molecule has 0 aliphatic heterocycles. The van der Waals surface area contributed by atoms with Crippen LogP contribution in [0.25, 0.3) is 0 Å². The van der Waals surface area contributed by atoms with Crippen molar-refractivity contribution >= 4 is 0 Å². The fourth-order valence-corrected chi connectivity index (χ4v) is 1.66. The molecule has 0 amide bonds. The molecular weight excluding hydrogens is 230 g/mol. The number of hydrogen-bond donors (Lipinski definition) is 0. The Hall–Kier alpha value is -1.85. The maximum atomic E-state index is 5.66. The highest BCUT2D eigenvalue weighted by molar-refractivity contribution is 5.11. The van der Waals surface area contributed by atoms with Crippen molar-refractivity contribution in [1.82, 2.24) is 24.5 Å². The third-order valence-corrected chi connectivity index (χ3v) is 2.56. The van der Waals surface area contributed by atoms with Crippen LogP contribution in [0.2, 0.25) is 0 Å². The van der Waals surface area contributed by atoms with E-state index in [0.717, 1.165) is 18.1 Å². The van der Waals surface area contributed by atoms with E-state index in [4.69, 9.17) is 4.74 Å². The van der Waals surface area contributed by atoms with Gasteiger partial charge in [-0.15, -0.1) is 0 Å². The van der Waals surface area contributed by atoms with Gasteiger partial charge < -0.3 is 4.74 Å². The monoisotopic (exact) mass is 249 g/mol. The quantitative estimate of drug-likeness (QED) is 0.829. The van der Waals surface area contributed by atoms with Crippen molar-refractivity contribution in [3.05, 3.63) is 24.5 Å². The summed E-state index contributed by atoms with van der Waals surface area (Å²) in [6.45, 7) is 9.52. The van der Waals surface area contributed by atoms with Gasteiger partial charge in [0.05, 0.1) is 17.9 Å². The Labute approximate surface area is 107 Å². The van der Waals surface area contributed by atoms with Crippen LogP contribution in [-0.4, -0.2) is 24.5 Å². The number of aryl methyl sites for hydroxylation is 1. The number of nitrogens with zero attached hydrogens (tertiary/aromatic N) is 5. The molecule has 2 rings (SSSR count). The Kier molecular flexibility index (Phi) is 3.36. The zero-order chi connectivity index (χ0) is 13.2. The first-order valence-corrected chi connectivity index (χ1v) is 6.05. The van der Waals surface area contributed by atoms with Crippen LogP contribution < -0.4 is 4.74 Å². The summed E-state index contributed by atoms with van der Waals surface area (Å²) in [6, 6.07) is 0. The zero-order valence-corrected chi connectivity index (χ0v) is 11.3. The molecule has 0 aliphatic rings. The predicted molar refractivity (Wildman–Crippen MR) is 67.3 cm³/mol. The van der Waals surface area contributed by atoms with Crippen LogP contribution in [0.1, 0.15) is 33.5 Å². The summed E-state index contributed by atoms with van der Waals surface area (Å²) in [7, 11) is 0. The van der Waals surface area contributed by atoms with E-state index in [1.807, 2.05) is 22.5 Å². The molecule has 0 saturated heterocycles. The van der Waals surface area contributed by atoms with Crippen molar-refractivity contribution in [2.75, 3.05) is 0 Å². The largest absolute Gasteiger partial charge is 0.482 e. The van der Waals surface area contributed by atoms with E-state index in [0.29, 0.717) is 6.61 Å². The normalized spacial score (nSPS) is 11.8. The van der Waals surface area contributed by atoms with Crippen LogP contribution in [0.3, 0.4) is 0 Å². The Morgan fingerprint density at radius 3 is 2.67 bits per heavy atom. The van der Waals surface area contributed by atoms with Crippen LogP contribution in [0.5, 0.6) is 5.75 Å². The van der Waals surface area contributed by atoms with Gasteiger partial charge in [-0.05, 0) is 27.7 Å². The second-order valence-electron chi connectivity index (χ2n) is 5.08. The molecule has 18 heavy (non-hydrogen) atoms. The number of ether oxygens (including phenoxy) is 1. The zero-order valence-electron chi connectivity index (χ0n) is 11.3. The molecule has 0 bridgehead atoms. The van der Waals surface area contributed by atoms with E-state index in [2.05, 4.69) is 36.0 Å². The first-order chi connectivity index (χ1) is 8.50. The van der Waals surface area contributed by atoms with Crippen LogP contribution in [0.15, 0.2) is 18.7 Å². The highest BCUT2D eigenvalue weighted by atomic mass is 16.5. The molecule has 2 aromatic rings. The lowest BCUT2D eigenvalue weighted by Gasteiger charge is -2.21. The summed E-state index contributed by atoms with van der Waals surface area (Å²) in [5, 5.41) is 8.38. The molecule has 0 fully saturated rings. The third kappa shape index (κ3) is 2.69. The van der Waals surface area contributed by atoms with Gasteiger partial charge in [0, 0.05) is 6.54 Å². The Morgan fingerprint density at radius 1 is 1.28 bits per heavy atom. The van der Waals surface area contributed by atoms with Crippen molar-refractivity contribution in [2.24, 2.45) is 0 Å². The highest BCUT2D eigenvalue weighted by Crippen LogP contribution is 2.16. The van der Waals surface area contributed by atoms with Gasteiger partial charge in [-0.3, -0.25) is 4.68 Å². The van der Waals surface area contributed by atoms with E-state index in [1.54, 1.807) is 12.5 Å². The average molecular weight is 249 g/mol. The van der Waals surface area contributed by atoms with Crippen LogP contribution in [0, 0.1) is 0 Å². The summed E-state index contributed by atoms with van der Waals surface area (Å²) >= 11 is 0. The first kappa shape index (κ1) is 12.6. The average Bonchev–Trinajstić information content (AvgIpc) is 2.94. The van der Waals surface area contributed by atoms with Gasteiger partial charge in [0.15, 0.2) is 11.6 Å². The highest BCUT2D eigenvalue weighted by Gasteiger charge is 2.18. The summed E-state index contributed by atoms with van der Waals surface area (Å²) in [6.07, 6.45) is 5.14. The molecule has 2 heterocycles. The summed E-state index contributed by atoms with van der Waals surface area (Å²) in [5.41, 5.74) is -0.0945. The van der Waals surface area contributed by atoms with E-state index >= 15 is 0 Å². The molecule has 0 saturated carbocycles. The molecule has 0 spiro atoms. The second-order valence-corrected chi connectivity index (χ2v) is 5.08. The predicted octanol–water partition coefficient (Wildman–Crippen LogP) is 1.83. The van der Waals surface area contributed by atoms with Crippen LogP contribution in [0.4, 0.5) is 0 Å². The molecule has 0 unspecified atom stereocenters. The van der Waals surface area contributed by atoms with E-state index in [1.165, 1.54) is 0 Å². The lowest BCUT2D eigenvalue weighted by atomic mass is 10.1. The van der Waals surface area contributed by atoms with E-state index in [-0.39, 0.29) is 5.54 Å². The van der Waals surface area contributed by atoms with E-state index < -0.39 is 0 Å². The summed E-state index contributed by atoms with van der Waals surface area (Å²) < 4.78 is 9.36. The van der Waals surface area contributed by atoms with Crippen molar-refractivity contribution in [3.63, 3.8) is 0 Å². The van der Waals surface area contributed by atoms with E-state index in [9.17, 15) is 0 Å². The lowest BCUT2D eigenvalue weighted by Crippen LogP contribution is -2.26. The third-order valence-electron chi connectivity index (χ3n) is 2.56. The van der Waals surface area contributed by atoms with Gasteiger partial charge in [-0.25, -0.2) is 9.67 Å². The summed E-state index contributed by atoms with van der Waals surface area (Å²) in [5.74, 6) is 1.56. The van der Waals surface area contributed by atoms with Gasteiger partial charge in [0.25, 0.3) is 0 Å². The number of aromatic nitrogens is 5. The minimum Gasteiger partial charge on any atom is -0.482 e. The molecular formula is C12H19N5O. The fourth-order valence-electron chi connectivity index (χ4n) is 1.66. The Morgan fingerprint density at radius 2 is 2.06 bits per heavy atom. The molecule has 0 aromatic carbocycles. The second kappa shape index (κ2) is 4.80. The molecule has 0 N–H and O–H groups in total. The minimum atomic E-state index is -0.0945. The molecule has 6 nitrogen and oxygen atoms in total. The standard InChI is InChI=1S/C12H19N5O/c1-5-16-7-10(6-14-16)18-8-11-13-9-15-17(11)12(2,3)4/h6-7,9H,5,8H2,1-4H3. The molecule has 6 heteroatoms. The first-order valence-electron chi connectivity index (χ1n) is 6.05. The maximum Gasteiger partial charge on any atom is 0.165 e. The van der Waals surface area contributed by atoms with Gasteiger partial charge >= 0.3 is 0 Å².